The van der Waals surface area contributed by atoms with Crippen molar-refractivity contribution >= 4 is 33.7 Å². The summed E-state index contributed by atoms with van der Waals surface area (Å²) in [6, 6.07) is 11.2. The maximum absolute atomic E-state index is 13.2. The third-order valence-electron chi connectivity index (χ3n) is 4.61. The number of benzene rings is 2. The van der Waals surface area contributed by atoms with Gasteiger partial charge in [-0.15, -0.1) is 11.3 Å². The molecule has 0 aliphatic heterocycles. The van der Waals surface area contributed by atoms with Crippen LogP contribution in [0.1, 0.15) is 58.3 Å². The molecule has 2 N–H and O–H groups in total. The third kappa shape index (κ3) is 5.73. The molecule has 2 nitrogen and oxygen atoms in total. The standard InChI is InChI=1S/C25H21ClF3NOS/c1-24(2,3)14-19-20(13-6-15-4-9-17(10-5-15)25(27,28)29)32-23(30)21(19)22(31)16-7-11-18(26)12-8-16/h4-5,7-12H,14,30H2,1-3H3. The maximum atomic E-state index is 13.2. The van der Waals surface area contributed by atoms with Crippen LogP contribution in [-0.2, 0) is 12.6 Å². The molecule has 0 unspecified atom stereocenters. The zero-order chi connectivity index (χ0) is 23.7. The van der Waals surface area contributed by atoms with E-state index in [1.165, 1.54) is 23.5 Å². The molecule has 1 heterocycles. The number of carbonyl (C=O) groups is 1. The van der Waals surface area contributed by atoms with Crippen LogP contribution in [0.2, 0.25) is 5.02 Å². The third-order valence-corrected chi connectivity index (χ3v) is 5.84. The van der Waals surface area contributed by atoms with Crippen molar-refractivity contribution in [2.45, 2.75) is 33.4 Å². The molecule has 166 valence electrons. The lowest BCUT2D eigenvalue weighted by molar-refractivity contribution is -0.137. The Labute approximate surface area is 194 Å². The molecule has 1 aromatic heterocycles. The molecule has 0 aliphatic carbocycles. The first-order valence-electron chi connectivity index (χ1n) is 9.76. The zero-order valence-corrected chi connectivity index (χ0v) is 19.3. The van der Waals surface area contributed by atoms with E-state index in [4.69, 9.17) is 17.3 Å². The Morgan fingerprint density at radius 1 is 1.00 bits per heavy atom. The Hall–Kier alpha value is -2.75. The number of nitrogens with two attached hydrogens (primary N) is 1. The van der Waals surface area contributed by atoms with Gasteiger partial charge in [0.05, 0.1) is 21.0 Å². The van der Waals surface area contributed by atoms with Crippen molar-refractivity contribution in [1.29, 1.82) is 0 Å². The number of alkyl halides is 3. The lowest BCUT2D eigenvalue weighted by Gasteiger charge is -2.19. The predicted octanol–water partition coefficient (Wildman–Crippen LogP) is 7.22. The Morgan fingerprint density at radius 2 is 1.59 bits per heavy atom. The van der Waals surface area contributed by atoms with E-state index in [9.17, 15) is 18.0 Å². The van der Waals surface area contributed by atoms with E-state index in [-0.39, 0.29) is 11.2 Å². The number of hydrogen-bond donors (Lipinski definition) is 1. The molecule has 0 bridgehead atoms. The lowest BCUT2D eigenvalue weighted by Crippen LogP contribution is -2.14. The second-order valence-electron chi connectivity index (χ2n) is 8.55. The molecule has 0 saturated carbocycles. The fourth-order valence-electron chi connectivity index (χ4n) is 3.15. The van der Waals surface area contributed by atoms with Crippen molar-refractivity contribution in [2.75, 3.05) is 5.73 Å². The van der Waals surface area contributed by atoms with Gasteiger partial charge >= 0.3 is 6.18 Å². The van der Waals surface area contributed by atoms with Crippen LogP contribution in [0.5, 0.6) is 0 Å². The lowest BCUT2D eigenvalue weighted by atomic mass is 9.85. The topological polar surface area (TPSA) is 43.1 Å². The normalized spacial score (nSPS) is 11.7. The highest BCUT2D eigenvalue weighted by atomic mass is 35.5. The minimum Gasteiger partial charge on any atom is -0.390 e. The van der Waals surface area contributed by atoms with Gasteiger partial charge in [0.25, 0.3) is 0 Å². The van der Waals surface area contributed by atoms with Gasteiger partial charge in [-0.2, -0.15) is 13.2 Å². The number of nitrogen functional groups attached to an aromatic ring is 1. The van der Waals surface area contributed by atoms with E-state index in [1.807, 2.05) is 20.8 Å². The number of anilines is 1. The van der Waals surface area contributed by atoms with Gasteiger partial charge in [0.2, 0.25) is 0 Å². The molecule has 2 aromatic carbocycles. The van der Waals surface area contributed by atoms with Crippen LogP contribution in [0.25, 0.3) is 0 Å². The largest absolute Gasteiger partial charge is 0.416 e. The van der Waals surface area contributed by atoms with E-state index >= 15 is 0 Å². The van der Waals surface area contributed by atoms with Gasteiger partial charge < -0.3 is 5.73 Å². The quantitative estimate of drug-likeness (QED) is 0.321. The number of carbonyl (C=O) groups excluding carboxylic acids is 1. The fourth-order valence-corrected chi connectivity index (χ4v) is 4.21. The molecule has 3 rings (SSSR count). The van der Waals surface area contributed by atoms with E-state index in [2.05, 4.69) is 11.8 Å². The van der Waals surface area contributed by atoms with E-state index in [0.29, 0.717) is 38.0 Å². The Morgan fingerprint density at radius 3 is 2.12 bits per heavy atom. The van der Waals surface area contributed by atoms with Gasteiger partial charge in [0, 0.05) is 16.1 Å². The monoisotopic (exact) mass is 475 g/mol. The molecule has 7 heteroatoms. The molecule has 0 saturated heterocycles. The van der Waals surface area contributed by atoms with Crippen molar-refractivity contribution in [2.24, 2.45) is 5.41 Å². The summed E-state index contributed by atoms with van der Waals surface area (Å²) in [5.41, 5.74) is 7.45. The summed E-state index contributed by atoms with van der Waals surface area (Å²) < 4.78 is 38.3. The maximum Gasteiger partial charge on any atom is 0.416 e. The summed E-state index contributed by atoms with van der Waals surface area (Å²) in [6.45, 7) is 6.14. The van der Waals surface area contributed by atoms with Crippen molar-refractivity contribution < 1.29 is 18.0 Å². The van der Waals surface area contributed by atoms with Crippen LogP contribution in [0.3, 0.4) is 0 Å². The highest BCUT2D eigenvalue weighted by molar-refractivity contribution is 7.17. The molecule has 32 heavy (non-hydrogen) atoms. The van der Waals surface area contributed by atoms with Crippen LogP contribution in [0.4, 0.5) is 18.2 Å². The van der Waals surface area contributed by atoms with Crippen molar-refractivity contribution in [1.82, 2.24) is 0 Å². The second-order valence-corrected chi connectivity index (χ2v) is 10.0. The van der Waals surface area contributed by atoms with Gasteiger partial charge in [-0.3, -0.25) is 4.79 Å². The molecule has 0 spiro atoms. The molecule has 0 aliphatic rings. The molecule has 0 fully saturated rings. The molecule has 0 amide bonds. The summed E-state index contributed by atoms with van der Waals surface area (Å²) in [5, 5.41) is 0.888. The molecular formula is C25H21ClF3NOS. The molecule has 0 radical (unpaired) electrons. The summed E-state index contributed by atoms with van der Waals surface area (Å²) in [5.74, 6) is 5.71. The van der Waals surface area contributed by atoms with Crippen LogP contribution in [0.15, 0.2) is 48.5 Å². The first kappa shape index (κ1) is 23.9. The minimum absolute atomic E-state index is 0.146. The van der Waals surface area contributed by atoms with Gasteiger partial charge in [-0.1, -0.05) is 44.2 Å². The Kier molecular flexibility index (Phi) is 6.73. The van der Waals surface area contributed by atoms with Crippen molar-refractivity contribution in [3.8, 4) is 11.8 Å². The average Bonchev–Trinajstić information content (AvgIpc) is 2.99. The number of hydrogen-bond acceptors (Lipinski definition) is 3. The number of halogens is 4. The van der Waals surface area contributed by atoms with Crippen molar-refractivity contribution in [3.05, 3.63) is 86.2 Å². The smallest absolute Gasteiger partial charge is 0.390 e. The average molecular weight is 476 g/mol. The first-order chi connectivity index (χ1) is 14.8. The zero-order valence-electron chi connectivity index (χ0n) is 17.7. The van der Waals surface area contributed by atoms with Crippen LogP contribution in [-0.4, -0.2) is 5.78 Å². The van der Waals surface area contributed by atoms with Gasteiger partial charge in [0.15, 0.2) is 5.78 Å². The van der Waals surface area contributed by atoms with Gasteiger partial charge in [-0.05, 0) is 65.9 Å². The van der Waals surface area contributed by atoms with Crippen LogP contribution >= 0.6 is 22.9 Å². The van der Waals surface area contributed by atoms with E-state index < -0.39 is 11.7 Å². The SMILES string of the molecule is CC(C)(C)Cc1c(C#Cc2ccc(C(F)(F)F)cc2)sc(N)c1C(=O)c1ccc(Cl)cc1. The van der Waals surface area contributed by atoms with Gasteiger partial charge in [0.1, 0.15) is 0 Å². The van der Waals surface area contributed by atoms with Crippen LogP contribution < -0.4 is 5.73 Å². The highest BCUT2D eigenvalue weighted by Gasteiger charge is 2.30. The highest BCUT2D eigenvalue weighted by Crippen LogP contribution is 2.37. The minimum atomic E-state index is -4.40. The van der Waals surface area contributed by atoms with E-state index in [1.54, 1.807) is 24.3 Å². The van der Waals surface area contributed by atoms with Crippen molar-refractivity contribution in [3.63, 3.8) is 0 Å². The summed E-state index contributed by atoms with van der Waals surface area (Å²) in [4.78, 5) is 13.9. The van der Waals surface area contributed by atoms with E-state index in [0.717, 1.165) is 17.7 Å². The first-order valence-corrected chi connectivity index (χ1v) is 11.0. The molecular weight excluding hydrogens is 455 g/mol. The molecule has 0 atom stereocenters. The summed E-state index contributed by atoms with van der Waals surface area (Å²) in [7, 11) is 0. The summed E-state index contributed by atoms with van der Waals surface area (Å²) >= 11 is 7.15. The Bertz CT molecular complexity index is 1190. The molecule has 3 aromatic rings. The number of rotatable bonds is 3. The number of ketones is 1. The van der Waals surface area contributed by atoms with Gasteiger partial charge in [-0.25, -0.2) is 0 Å². The summed E-state index contributed by atoms with van der Waals surface area (Å²) in [6.07, 6.45) is -3.84. The number of thiophene rings is 1. The predicted molar refractivity (Wildman–Crippen MR) is 124 cm³/mol. The second kappa shape index (κ2) is 9.01. The Balaban J connectivity index is 2.04. The van der Waals surface area contributed by atoms with Crippen LogP contribution in [0, 0.1) is 17.3 Å². The fraction of sp³-hybridized carbons (Fsp3) is 0.240.